The lowest BCUT2D eigenvalue weighted by Crippen LogP contribution is -2.43. The van der Waals surface area contributed by atoms with E-state index in [9.17, 15) is 4.79 Å². The fraction of sp³-hybridized carbons (Fsp3) is 0.458. The summed E-state index contributed by atoms with van der Waals surface area (Å²) in [7, 11) is 0. The summed E-state index contributed by atoms with van der Waals surface area (Å²) in [6.07, 6.45) is 11.0. The molecule has 1 amide bonds. The van der Waals surface area contributed by atoms with Crippen molar-refractivity contribution in [1.82, 2.24) is 25.0 Å². The Bertz CT molecular complexity index is 1080. The van der Waals surface area contributed by atoms with Crippen LogP contribution in [0.25, 0.3) is 5.82 Å². The summed E-state index contributed by atoms with van der Waals surface area (Å²) in [6, 6.07) is 8.72. The van der Waals surface area contributed by atoms with Crippen LogP contribution in [0.15, 0.2) is 47.9 Å². The van der Waals surface area contributed by atoms with E-state index < -0.39 is 0 Å². The number of aryl methyl sites for hydroxylation is 1. The largest absolute Gasteiger partial charge is 0.356 e. The first-order chi connectivity index (χ1) is 15.3. The fourth-order valence-electron chi connectivity index (χ4n) is 5.58. The van der Waals surface area contributed by atoms with Gasteiger partial charge in [-0.3, -0.25) is 4.79 Å². The Kier molecular flexibility index (Phi) is 4.55. The molecule has 1 atom stereocenters. The second kappa shape index (κ2) is 7.55. The zero-order chi connectivity index (χ0) is 20.8. The number of hydrogen-bond donors (Lipinski definition) is 2. The maximum atomic E-state index is 13.1. The van der Waals surface area contributed by atoms with E-state index in [1.54, 1.807) is 6.33 Å². The second-order valence-electron chi connectivity index (χ2n) is 8.99. The summed E-state index contributed by atoms with van der Waals surface area (Å²) in [4.78, 5) is 19.9. The lowest BCUT2D eigenvalue weighted by Gasteiger charge is -2.37. The molecule has 1 fully saturated rings. The molecule has 3 heterocycles. The maximum absolute atomic E-state index is 13.1. The molecule has 1 aromatic carbocycles. The minimum Gasteiger partial charge on any atom is -0.356 e. The molecule has 160 valence electrons. The van der Waals surface area contributed by atoms with Crippen molar-refractivity contribution >= 4 is 17.7 Å². The normalized spacial score (nSPS) is 22.9. The first kappa shape index (κ1) is 18.7. The number of piperidine rings is 1. The van der Waals surface area contributed by atoms with Gasteiger partial charge in [-0.25, -0.2) is 0 Å². The summed E-state index contributed by atoms with van der Waals surface area (Å²) in [5.41, 5.74) is 5.18. The van der Waals surface area contributed by atoms with Gasteiger partial charge in [-0.1, -0.05) is 30.3 Å². The number of carbonyl (C=O) groups is 1. The average Bonchev–Trinajstić information content (AvgIpc) is 3.47. The molecule has 2 aliphatic carbocycles. The number of likely N-dealkylation sites (tertiary alicyclic amines) is 1. The fourth-order valence-corrected chi connectivity index (χ4v) is 5.58. The molecule has 0 spiro atoms. The lowest BCUT2D eigenvalue weighted by molar-refractivity contribution is -0.127. The molecule has 2 N–H and O–H groups in total. The molecule has 31 heavy (non-hydrogen) atoms. The van der Waals surface area contributed by atoms with E-state index in [2.05, 4.69) is 56.0 Å². The van der Waals surface area contributed by atoms with Crippen LogP contribution in [0, 0.1) is 5.92 Å². The highest BCUT2D eigenvalue weighted by Crippen LogP contribution is 2.38. The molecule has 0 saturated carbocycles. The molecule has 7 nitrogen and oxygen atoms in total. The van der Waals surface area contributed by atoms with Crippen molar-refractivity contribution in [1.29, 1.82) is 0 Å². The molecule has 1 saturated heterocycles. The second-order valence-corrected chi connectivity index (χ2v) is 8.99. The average molecular weight is 417 g/mol. The molecule has 2 aliphatic heterocycles. The van der Waals surface area contributed by atoms with Gasteiger partial charge in [0, 0.05) is 30.3 Å². The van der Waals surface area contributed by atoms with Gasteiger partial charge in [-0.15, -0.1) is 0 Å². The highest BCUT2D eigenvalue weighted by atomic mass is 16.2. The summed E-state index contributed by atoms with van der Waals surface area (Å²) < 4.78 is 1.93. The van der Waals surface area contributed by atoms with E-state index in [0.717, 1.165) is 69.8 Å². The topological polar surface area (TPSA) is 75.1 Å². The van der Waals surface area contributed by atoms with Crippen molar-refractivity contribution in [3.8, 4) is 0 Å². The van der Waals surface area contributed by atoms with Crippen LogP contribution in [0.1, 0.15) is 55.7 Å². The number of aromatic nitrogens is 3. The van der Waals surface area contributed by atoms with Crippen molar-refractivity contribution in [3.05, 3.63) is 59.1 Å². The van der Waals surface area contributed by atoms with Crippen molar-refractivity contribution in [2.75, 3.05) is 18.4 Å². The third-order valence-electron chi connectivity index (χ3n) is 7.18. The zero-order valence-corrected chi connectivity index (χ0v) is 17.7. The monoisotopic (exact) mass is 416 g/mol. The quantitative estimate of drug-likeness (QED) is 0.802. The molecule has 7 heteroatoms. The zero-order valence-electron chi connectivity index (χ0n) is 17.7. The van der Waals surface area contributed by atoms with E-state index in [1.165, 1.54) is 22.4 Å². The first-order valence-corrected chi connectivity index (χ1v) is 11.5. The molecule has 0 bridgehead atoms. The maximum Gasteiger partial charge on any atom is 0.231 e. The number of benzene rings is 1. The number of anilines is 1. The number of nitrogens with zero attached hydrogens (tertiary/aromatic N) is 4. The van der Waals surface area contributed by atoms with E-state index in [0.29, 0.717) is 0 Å². The van der Waals surface area contributed by atoms with Crippen LogP contribution in [0.4, 0.5) is 5.95 Å². The molecule has 6 rings (SSSR count). The molecular weight excluding hydrogens is 388 g/mol. The van der Waals surface area contributed by atoms with Crippen LogP contribution < -0.4 is 10.6 Å². The number of amides is 1. The van der Waals surface area contributed by atoms with Gasteiger partial charge in [-0.2, -0.15) is 14.8 Å². The lowest BCUT2D eigenvalue weighted by atomic mass is 9.87. The van der Waals surface area contributed by atoms with Gasteiger partial charge in [0.05, 0.1) is 6.04 Å². The Labute approximate surface area is 182 Å². The predicted molar refractivity (Wildman–Crippen MR) is 119 cm³/mol. The molecule has 4 aliphatic rings. The van der Waals surface area contributed by atoms with E-state index in [4.69, 9.17) is 0 Å². The minimum absolute atomic E-state index is 0.0754. The summed E-state index contributed by atoms with van der Waals surface area (Å²) in [6.45, 7) is 1.73. The highest BCUT2D eigenvalue weighted by molar-refractivity contribution is 5.79. The van der Waals surface area contributed by atoms with Gasteiger partial charge in [0.2, 0.25) is 11.9 Å². The number of fused-ring (bicyclic) bond motifs is 3. The number of carbonyl (C=O) groups excluding carboxylic acids is 1. The molecule has 1 unspecified atom stereocenters. The minimum atomic E-state index is 0.0754. The number of hydrogen-bond acceptors (Lipinski definition) is 5. The molecular formula is C24H28N6O. The van der Waals surface area contributed by atoms with Crippen molar-refractivity contribution in [2.45, 2.75) is 51.0 Å². The van der Waals surface area contributed by atoms with Crippen LogP contribution in [0.5, 0.6) is 0 Å². The number of nitrogens with one attached hydrogen (secondary N) is 2. The van der Waals surface area contributed by atoms with Gasteiger partial charge >= 0.3 is 0 Å². The first-order valence-electron chi connectivity index (χ1n) is 11.5. The van der Waals surface area contributed by atoms with Crippen LogP contribution in [0.3, 0.4) is 0 Å². The Hall–Kier alpha value is -3.09. The Morgan fingerprint density at radius 2 is 2.00 bits per heavy atom. The van der Waals surface area contributed by atoms with Crippen molar-refractivity contribution in [2.24, 2.45) is 5.92 Å². The molecule has 0 radical (unpaired) electrons. The summed E-state index contributed by atoms with van der Waals surface area (Å²) in [5, 5.41) is 11.2. The number of rotatable bonds is 3. The smallest absolute Gasteiger partial charge is 0.231 e. The number of allylic oxidation sites excluding steroid dienone is 2. The Morgan fingerprint density at radius 1 is 1.13 bits per heavy atom. The van der Waals surface area contributed by atoms with Crippen LogP contribution >= 0.6 is 0 Å². The van der Waals surface area contributed by atoms with Gasteiger partial charge in [0.25, 0.3) is 0 Å². The Balaban J connectivity index is 1.15. The van der Waals surface area contributed by atoms with Gasteiger partial charge in [0.15, 0.2) is 0 Å². The van der Waals surface area contributed by atoms with E-state index in [1.807, 2.05) is 4.68 Å². The highest BCUT2D eigenvalue weighted by Gasteiger charge is 2.34. The summed E-state index contributed by atoms with van der Waals surface area (Å²) >= 11 is 0. The van der Waals surface area contributed by atoms with Crippen LogP contribution in [-0.2, 0) is 11.2 Å². The third-order valence-corrected chi connectivity index (χ3v) is 7.18. The van der Waals surface area contributed by atoms with Crippen LogP contribution in [-0.4, -0.2) is 38.7 Å². The van der Waals surface area contributed by atoms with Gasteiger partial charge in [-0.05, 0) is 56.1 Å². The van der Waals surface area contributed by atoms with Crippen molar-refractivity contribution < 1.29 is 4.79 Å². The summed E-state index contributed by atoms with van der Waals surface area (Å²) in [5.74, 6) is 2.22. The van der Waals surface area contributed by atoms with Gasteiger partial charge < -0.3 is 15.5 Å². The molecule has 2 aromatic rings. The Morgan fingerprint density at radius 3 is 2.90 bits per heavy atom. The SMILES string of the molecule is O=C(NC1CCCc2ccccc21)C1CCN(C2=C3CCC=C3Nc3ncnn32)CC1. The van der Waals surface area contributed by atoms with Gasteiger partial charge in [0.1, 0.15) is 12.1 Å². The third kappa shape index (κ3) is 3.23. The molecule has 1 aromatic heterocycles. The standard InChI is InChI=1S/C24H28N6O/c31-22(27-20-9-3-6-16-5-1-2-7-18(16)20)17-11-13-29(14-12-17)23-19-8-4-10-21(19)28-24-25-15-26-30(23)24/h1-2,5,7,10,15,17,20H,3-4,6,8-9,11-14H2,(H,27,31)(H,25,26,28). The van der Waals surface area contributed by atoms with E-state index in [-0.39, 0.29) is 17.9 Å². The predicted octanol–water partition coefficient (Wildman–Crippen LogP) is 3.46. The van der Waals surface area contributed by atoms with Crippen molar-refractivity contribution in [3.63, 3.8) is 0 Å². The van der Waals surface area contributed by atoms with E-state index >= 15 is 0 Å². The van der Waals surface area contributed by atoms with Crippen LogP contribution in [0.2, 0.25) is 0 Å².